The Balaban J connectivity index is 1.55. The van der Waals surface area contributed by atoms with Crippen LogP contribution >= 0.6 is 0 Å². The number of methoxy groups -OCH3 is 2. The lowest BCUT2D eigenvalue weighted by molar-refractivity contribution is -0.121. The van der Waals surface area contributed by atoms with E-state index in [1.807, 2.05) is 23.1 Å². The summed E-state index contributed by atoms with van der Waals surface area (Å²) in [6, 6.07) is 12.4. The maximum absolute atomic E-state index is 13.2. The summed E-state index contributed by atoms with van der Waals surface area (Å²) in [6.45, 7) is 0.669. The summed E-state index contributed by atoms with van der Waals surface area (Å²) in [5, 5.41) is 0. The molecule has 0 radical (unpaired) electrons. The number of hydrogen-bond donors (Lipinski definition) is 0. The highest BCUT2D eigenvalue weighted by Gasteiger charge is 2.32. The molecule has 30 heavy (non-hydrogen) atoms. The molecule has 7 nitrogen and oxygen atoms in total. The average molecular weight is 408 g/mol. The first kappa shape index (κ1) is 19.9. The quantitative estimate of drug-likeness (QED) is 0.710. The van der Waals surface area contributed by atoms with Crippen molar-refractivity contribution >= 4 is 23.4 Å². The van der Waals surface area contributed by atoms with Crippen LogP contribution in [-0.2, 0) is 9.59 Å². The molecule has 7 heteroatoms. The highest BCUT2D eigenvalue weighted by atomic mass is 16.5. The molecule has 4 rings (SSSR count). The minimum absolute atomic E-state index is 0.0429. The lowest BCUT2D eigenvalue weighted by atomic mass is 10.0. The molecule has 0 bridgehead atoms. The summed E-state index contributed by atoms with van der Waals surface area (Å²) in [5.74, 6) is 0.814. The fourth-order valence-electron chi connectivity index (χ4n) is 4.20. The van der Waals surface area contributed by atoms with E-state index >= 15 is 0 Å². The summed E-state index contributed by atoms with van der Waals surface area (Å²) in [5.41, 5.74) is 2.05. The maximum Gasteiger partial charge on any atom is 0.254 e. The van der Waals surface area contributed by atoms with Crippen molar-refractivity contribution in [1.82, 2.24) is 4.90 Å². The maximum atomic E-state index is 13.2. The normalized spacial score (nSPS) is 18.8. The Morgan fingerprint density at radius 2 is 1.60 bits per heavy atom. The number of benzene rings is 2. The van der Waals surface area contributed by atoms with Gasteiger partial charge in [0.1, 0.15) is 0 Å². The second-order valence-electron chi connectivity index (χ2n) is 7.44. The SMILES string of the molecule is COc1ccc(C2CCCN2C(=O)c2ccc(N3C(=O)CCC3=O)cc2)cc1OC. The van der Waals surface area contributed by atoms with Crippen molar-refractivity contribution in [1.29, 1.82) is 0 Å². The van der Waals surface area contributed by atoms with Gasteiger partial charge in [0.15, 0.2) is 11.5 Å². The number of carbonyl (C=O) groups excluding carboxylic acids is 3. The van der Waals surface area contributed by atoms with Gasteiger partial charge in [0.2, 0.25) is 11.8 Å². The lowest BCUT2D eigenvalue weighted by Crippen LogP contribution is -2.31. The molecule has 1 unspecified atom stereocenters. The molecule has 0 aliphatic carbocycles. The van der Waals surface area contributed by atoms with E-state index in [2.05, 4.69) is 0 Å². The Labute approximate surface area is 175 Å². The number of imide groups is 1. The van der Waals surface area contributed by atoms with Crippen LogP contribution in [0.2, 0.25) is 0 Å². The molecule has 2 aromatic carbocycles. The van der Waals surface area contributed by atoms with Crippen molar-refractivity contribution in [3.8, 4) is 11.5 Å². The number of hydrogen-bond acceptors (Lipinski definition) is 5. The zero-order valence-electron chi connectivity index (χ0n) is 17.1. The summed E-state index contributed by atoms with van der Waals surface area (Å²) in [6.07, 6.45) is 2.26. The number of ether oxygens (including phenoxy) is 2. The third kappa shape index (κ3) is 3.51. The van der Waals surface area contributed by atoms with E-state index in [4.69, 9.17) is 9.47 Å². The predicted octanol–water partition coefficient (Wildman–Crippen LogP) is 3.33. The molecule has 2 fully saturated rings. The standard InChI is InChI=1S/C23H24N2O5/c1-29-19-10-7-16(14-20(19)30-2)18-4-3-13-24(18)23(28)15-5-8-17(9-6-15)25-21(26)11-12-22(25)27/h5-10,14,18H,3-4,11-13H2,1-2H3. The third-order valence-corrected chi connectivity index (χ3v) is 5.73. The van der Waals surface area contributed by atoms with Crippen molar-refractivity contribution in [2.75, 3.05) is 25.7 Å². The van der Waals surface area contributed by atoms with Gasteiger partial charge in [-0.2, -0.15) is 0 Å². The summed E-state index contributed by atoms with van der Waals surface area (Å²) in [4.78, 5) is 40.1. The van der Waals surface area contributed by atoms with E-state index < -0.39 is 0 Å². The highest BCUT2D eigenvalue weighted by molar-refractivity contribution is 6.19. The van der Waals surface area contributed by atoms with Crippen LogP contribution in [0.3, 0.4) is 0 Å². The summed E-state index contributed by atoms with van der Waals surface area (Å²) >= 11 is 0. The minimum Gasteiger partial charge on any atom is -0.493 e. The van der Waals surface area contributed by atoms with Gasteiger partial charge in [0.25, 0.3) is 5.91 Å². The van der Waals surface area contributed by atoms with E-state index in [1.165, 1.54) is 4.90 Å². The van der Waals surface area contributed by atoms with Gasteiger partial charge in [0, 0.05) is 24.9 Å². The minimum atomic E-state index is -0.202. The van der Waals surface area contributed by atoms with Gasteiger partial charge in [-0.25, -0.2) is 0 Å². The first-order chi connectivity index (χ1) is 14.5. The first-order valence-electron chi connectivity index (χ1n) is 10.0. The summed E-state index contributed by atoms with van der Waals surface area (Å²) < 4.78 is 10.7. The molecule has 0 spiro atoms. The van der Waals surface area contributed by atoms with Crippen LogP contribution in [0.4, 0.5) is 5.69 Å². The van der Waals surface area contributed by atoms with Crippen molar-refractivity contribution in [3.63, 3.8) is 0 Å². The zero-order valence-corrected chi connectivity index (χ0v) is 17.1. The van der Waals surface area contributed by atoms with Crippen LogP contribution in [-0.4, -0.2) is 43.4 Å². The number of carbonyl (C=O) groups is 3. The molecule has 0 aromatic heterocycles. The average Bonchev–Trinajstić information content (AvgIpc) is 3.39. The molecular weight excluding hydrogens is 384 g/mol. The number of rotatable bonds is 5. The first-order valence-corrected chi connectivity index (χ1v) is 10.0. The van der Waals surface area contributed by atoms with Crippen molar-refractivity contribution in [2.24, 2.45) is 0 Å². The van der Waals surface area contributed by atoms with Gasteiger partial charge in [0.05, 0.1) is 25.9 Å². The fraction of sp³-hybridized carbons (Fsp3) is 0.348. The monoisotopic (exact) mass is 408 g/mol. The second kappa shape index (κ2) is 8.18. The van der Waals surface area contributed by atoms with Crippen LogP contribution in [0.25, 0.3) is 0 Å². The van der Waals surface area contributed by atoms with Crippen molar-refractivity contribution < 1.29 is 23.9 Å². The van der Waals surface area contributed by atoms with E-state index in [9.17, 15) is 14.4 Å². The number of likely N-dealkylation sites (tertiary alicyclic amines) is 1. The van der Waals surface area contributed by atoms with Gasteiger partial charge in [-0.15, -0.1) is 0 Å². The van der Waals surface area contributed by atoms with Crippen LogP contribution in [0.1, 0.15) is 47.6 Å². The Kier molecular flexibility index (Phi) is 5.44. The number of anilines is 1. The summed E-state index contributed by atoms with van der Waals surface area (Å²) in [7, 11) is 3.19. The molecule has 156 valence electrons. The van der Waals surface area contributed by atoms with Gasteiger partial charge in [-0.05, 0) is 54.8 Å². The largest absolute Gasteiger partial charge is 0.493 e. The Bertz CT molecular complexity index is 970. The van der Waals surface area contributed by atoms with Gasteiger partial charge in [-0.1, -0.05) is 6.07 Å². The zero-order chi connectivity index (χ0) is 21.3. The molecule has 2 aromatic rings. The molecule has 0 N–H and O–H groups in total. The molecule has 2 aliphatic heterocycles. The third-order valence-electron chi connectivity index (χ3n) is 5.73. The molecule has 2 aliphatic rings. The van der Waals surface area contributed by atoms with Crippen LogP contribution in [0.5, 0.6) is 11.5 Å². The molecule has 2 heterocycles. The van der Waals surface area contributed by atoms with Gasteiger partial charge in [-0.3, -0.25) is 19.3 Å². The van der Waals surface area contributed by atoms with E-state index in [-0.39, 0.29) is 36.6 Å². The van der Waals surface area contributed by atoms with Crippen molar-refractivity contribution in [2.45, 2.75) is 31.7 Å². The van der Waals surface area contributed by atoms with Crippen LogP contribution < -0.4 is 14.4 Å². The smallest absolute Gasteiger partial charge is 0.254 e. The molecule has 3 amide bonds. The van der Waals surface area contributed by atoms with Gasteiger partial charge >= 0.3 is 0 Å². The van der Waals surface area contributed by atoms with Gasteiger partial charge < -0.3 is 14.4 Å². The number of amides is 3. The lowest BCUT2D eigenvalue weighted by Gasteiger charge is -2.26. The molecule has 2 saturated heterocycles. The Morgan fingerprint density at radius 3 is 2.23 bits per heavy atom. The van der Waals surface area contributed by atoms with E-state index in [0.29, 0.717) is 29.3 Å². The van der Waals surface area contributed by atoms with Crippen LogP contribution in [0.15, 0.2) is 42.5 Å². The Hall–Kier alpha value is -3.35. The van der Waals surface area contributed by atoms with Crippen LogP contribution in [0, 0.1) is 0 Å². The molecule has 0 saturated carbocycles. The van der Waals surface area contributed by atoms with E-state index in [1.54, 1.807) is 38.5 Å². The molecule has 1 atom stereocenters. The predicted molar refractivity (Wildman–Crippen MR) is 111 cm³/mol. The highest BCUT2D eigenvalue weighted by Crippen LogP contribution is 2.37. The fourth-order valence-corrected chi connectivity index (χ4v) is 4.20. The molecular formula is C23H24N2O5. The number of nitrogens with zero attached hydrogens (tertiary/aromatic N) is 2. The topological polar surface area (TPSA) is 76.2 Å². The second-order valence-corrected chi connectivity index (χ2v) is 7.44. The van der Waals surface area contributed by atoms with E-state index in [0.717, 1.165) is 18.4 Å². The Morgan fingerprint density at radius 1 is 0.933 bits per heavy atom. The van der Waals surface area contributed by atoms with Crippen molar-refractivity contribution in [3.05, 3.63) is 53.6 Å².